The Morgan fingerprint density at radius 3 is 2.96 bits per heavy atom. The molecule has 0 radical (unpaired) electrons. The molecule has 0 saturated carbocycles. The first-order chi connectivity index (χ1) is 11.6. The Morgan fingerprint density at radius 2 is 2.25 bits per heavy atom. The zero-order valence-electron chi connectivity index (χ0n) is 14.0. The van der Waals surface area contributed by atoms with Crippen molar-refractivity contribution in [1.82, 2.24) is 15.4 Å². The number of carbonyl (C=O) groups excluding carboxylic acids is 1. The predicted molar refractivity (Wildman–Crippen MR) is 89.5 cm³/mol. The highest BCUT2D eigenvalue weighted by Crippen LogP contribution is 2.29. The maximum Gasteiger partial charge on any atom is 0.318 e. The lowest BCUT2D eigenvalue weighted by molar-refractivity contribution is 0.126. The van der Waals surface area contributed by atoms with E-state index in [0.29, 0.717) is 12.3 Å². The highest BCUT2D eigenvalue weighted by Gasteiger charge is 2.30. The summed E-state index contributed by atoms with van der Waals surface area (Å²) in [5.74, 6) is 0.917. The standard InChI is InChI=1S/C18H23N3O3/c1-12(2)16-9-14(24-20-16)10-19-18(23)21-8-7-13-5-3-4-6-15(13)17(21)11-22/h3-6,9,12,17,22H,7-8,10-11H2,1-2H3,(H,19,23). The summed E-state index contributed by atoms with van der Waals surface area (Å²) < 4.78 is 5.24. The maximum atomic E-state index is 12.5. The summed E-state index contributed by atoms with van der Waals surface area (Å²) in [6.45, 7) is 4.86. The Labute approximate surface area is 141 Å². The minimum absolute atomic E-state index is 0.0930. The van der Waals surface area contributed by atoms with Crippen LogP contribution < -0.4 is 5.32 Å². The smallest absolute Gasteiger partial charge is 0.318 e. The van der Waals surface area contributed by atoms with Gasteiger partial charge in [0.05, 0.1) is 24.9 Å². The van der Waals surface area contributed by atoms with Crippen LogP contribution >= 0.6 is 0 Å². The van der Waals surface area contributed by atoms with Gasteiger partial charge in [0.1, 0.15) is 0 Å². The first-order valence-corrected chi connectivity index (χ1v) is 8.28. The van der Waals surface area contributed by atoms with E-state index in [1.807, 2.05) is 38.1 Å². The van der Waals surface area contributed by atoms with E-state index in [2.05, 4.69) is 16.5 Å². The number of aromatic nitrogens is 1. The molecule has 2 amide bonds. The Balaban J connectivity index is 1.66. The highest BCUT2D eigenvalue weighted by molar-refractivity contribution is 5.75. The van der Waals surface area contributed by atoms with Crippen LogP contribution in [0.25, 0.3) is 0 Å². The third-order valence-corrected chi connectivity index (χ3v) is 4.43. The first kappa shape index (κ1) is 16.5. The second-order valence-electron chi connectivity index (χ2n) is 6.37. The third kappa shape index (κ3) is 3.28. The van der Waals surface area contributed by atoms with Crippen molar-refractivity contribution in [3.63, 3.8) is 0 Å². The Morgan fingerprint density at radius 1 is 1.46 bits per heavy atom. The van der Waals surface area contributed by atoms with Gasteiger partial charge in [-0.1, -0.05) is 43.3 Å². The van der Waals surface area contributed by atoms with Crippen LogP contribution in [0.15, 0.2) is 34.9 Å². The van der Waals surface area contributed by atoms with E-state index in [9.17, 15) is 9.90 Å². The number of hydrogen-bond acceptors (Lipinski definition) is 4. The van der Waals surface area contributed by atoms with Crippen molar-refractivity contribution in [2.75, 3.05) is 13.2 Å². The first-order valence-electron chi connectivity index (χ1n) is 8.28. The third-order valence-electron chi connectivity index (χ3n) is 4.43. The number of carbonyl (C=O) groups is 1. The van der Waals surface area contributed by atoms with Gasteiger partial charge in [-0.2, -0.15) is 0 Å². The molecule has 3 rings (SSSR count). The summed E-state index contributed by atoms with van der Waals surface area (Å²) in [5, 5.41) is 16.6. The van der Waals surface area contributed by atoms with Crippen LogP contribution in [0.5, 0.6) is 0 Å². The number of hydrogen-bond donors (Lipinski definition) is 2. The molecule has 2 heterocycles. The van der Waals surface area contributed by atoms with Gasteiger partial charge in [-0.15, -0.1) is 0 Å². The average molecular weight is 329 g/mol. The minimum Gasteiger partial charge on any atom is -0.394 e. The molecule has 1 aliphatic rings. The lowest BCUT2D eigenvalue weighted by Crippen LogP contribution is -2.46. The van der Waals surface area contributed by atoms with Crippen LogP contribution in [0.3, 0.4) is 0 Å². The van der Waals surface area contributed by atoms with E-state index in [1.165, 1.54) is 5.56 Å². The number of aliphatic hydroxyl groups excluding tert-OH is 1. The molecular weight excluding hydrogens is 306 g/mol. The fourth-order valence-corrected chi connectivity index (χ4v) is 3.04. The second-order valence-corrected chi connectivity index (χ2v) is 6.37. The van der Waals surface area contributed by atoms with Crippen LogP contribution in [0.4, 0.5) is 4.79 Å². The molecule has 1 atom stereocenters. The largest absolute Gasteiger partial charge is 0.394 e. The minimum atomic E-state index is -0.309. The van der Waals surface area contributed by atoms with E-state index < -0.39 is 0 Å². The fraction of sp³-hybridized carbons (Fsp3) is 0.444. The normalized spacial score (nSPS) is 17.0. The van der Waals surface area contributed by atoms with Crippen LogP contribution in [0.1, 0.15) is 48.4 Å². The Kier molecular flexibility index (Phi) is 4.85. The van der Waals surface area contributed by atoms with E-state index in [0.717, 1.165) is 17.7 Å². The number of nitrogens with one attached hydrogen (secondary N) is 1. The molecule has 0 aliphatic carbocycles. The Bertz CT molecular complexity index is 711. The van der Waals surface area contributed by atoms with Gasteiger partial charge in [-0.3, -0.25) is 0 Å². The molecule has 0 saturated heterocycles. The molecule has 1 aromatic heterocycles. The molecule has 0 fully saturated rings. The Hall–Kier alpha value is -2.34. The van der Waals surface area contributed by atoms with E-state index in [4.69, 9.17) is 4.52 Å². The summed E-state index contributed by atoms with van der Waals surface area (Å²) in [5.41, 5.74) is 3.08. The summed E-state index contributed by atoms with van der Waals surface area (Å²) in [4.78, 5) is 14.2. The number of fused-ring (bicyclic) bond motifs is 1. The van der Waals surface area contributed by atoms with Crippen molar-refractivity contribution < 1.29 is 14.4 Å². The molecule has 128 valence electrons. The lowest BCUT2D eigenvalue weighted by Gasteiger charge is -2.36. The number of urea groups is 1. The van der Waals surface area contributed by atoms with Crippen LogP contribution in [0, 0.1) is 0 Å². The highest BCUT2D eigenvalue weighted by atomic mass is 16.5. The second kappa shape index (κ2) is 7.05. The van der Waals surface area contributed by atoms with Crippen molar-refractivity contribution in [2.45, 2.75) is 38.8 Å². The van der Waals surface area contributed by atoms with Gasteiger partial charge in [0.25, 0.3) is 0 Å². The molecule has 1 unspecified atom stereocenters. The maximum absolute atomic E-state index is 12.5. The van der Waals surface area contributed by atoms with Gasteiger partial charge in [-0.25, -0.2) is 4.79 Å². The number of rotatable bonds is 4. The average Bonchev–Trinajstić information content (AvgIpc) is 3.08. The SMILES string of the molecule is CC(C)c1cc(CNC(=O)N2CCc3ccccc3C2CO)on1. The molecule has 2 aromatic rings. The molecule has 1 aliphatic heterocycles. The summed E-state index contributed by atoms with van der Waals surface area (Å²) >= 11 is 0. The van der Waals surface area contributed by atoms with Crippen molar-refractivity contribution in [3.8, 4) is 0 Å². The van der Waals surface area contributed by atoms with E-state index in [1.54, 1.807) is 4.90 Å². The topological polar surface area (TPSA) is 78.6 Å². The van der Waals surface area contributed by atoms with Gasteiger partial charge < -0.3 is 19.8 Å². The number of amides is 2. The summed E-state index contributed by atoms with van der Waals surface area (Å²) in [7, 11) is 0. The van der Waals surface area contributed by atoms with Crippen molar-refractivity contribution in [3.05, 3.63) is 52.9 Å². The quantitative estimate of drug-likeness (QED) is 0.904. The van der Waals surface area contributed by atoms with Gasteiger partial charge in [0.15, 0.2) is 5.76 Å². The predicted octanol–water partition coefficient (Wildman–Crippen LogP) is 2.60. The molecule has 6 nitrogen and oxygen atoms in total. The zero-order chi connectivity index (χ0) is 17.1. The van der Waals surface area contributed by atoms with Crippen LogP contribution in [0.2, 0.25) is 0 Å². The van der Waals surface area contributed by atoms with E-state index >= 15 is 0 Å². The van der Waals surface area contributed by atoms with E-state index in [-0.39, 0.29) is 31.1 Å². The van der Waals surface area contributed by atoms with Gasteiger partial charge in [-0.05, 0) is 23.5 Å². The molecule has 1 aromatic carbocycles. The number of nitrogens with zero attached hydrogens (tertiary/aromatic N) is 2. The van der Waals surface area contributed by atoms with Crippen molar-refractivity contribution >= 4 is 6.03 Å². The molecule has 2 N–H and O–H groups in total. The summed E-state index contributed by atoms with van der Waals surface area (Å²) in [6.07, 6.45) is 0.792. The zero-order valence-corrected chi connectivity index (χ0v) is 14.0. The summed E-state index contributed by atoms with van der Waals surface area (Å²) in [6, 6.07) is 9.29. The van der Waals surface area contributed by atoms with Crippen LogP contribution in [-0.4, -0.2) is 34.3 Å². The monoisotopic (exact) mass is 329 g/mol. The molecule has 24 heavy (non-hydrogen) atoms. The van der Waals surface area contributed by atoms with Gasteiger partial charge in [0, 0.05) is 12.6 Å². The number of benzene rings is 1. The molecular formula is C18H23N3O3. The molecule has 6 heteroatoms. The van der Waals surface area contributed by atoms with Crippen molar-refractivity contribution in [2.24, 2.45) is 0 Å². The number of aliphatic hydroxyl groups is 1. The lowest BCUT2D eigenvalue weighted by atomic mass is 9.93. The van der Waals surface area contributed by atoms with Crippen molar-refractivity contribution in [1.29, 1.82) is 0 Å². The fourth-order valence-electron chi connectivity index (χ4n) is 3.04. The molecule has 0 bridgehead atoms. The van der Waals surface area contributed by atoms with Gasteiger partial charge >= 0.3 is 6.03 Å². The van der Waals surface area contributed by atoms with Gasteiger partial charge in [0.2, 0.25) is 0 Å². The molecule has 0 spiro atoms. The van der Waals surface area contributed by atoms with Crippen LogP contribution in [-0.2, 0) is 13.0 Å².